The Bertz CT molecular complexity index is 881. The Morgan fingerprint density at radius 3 is 2.40 bits per heavy atom. The summed E-state index contributed by atoms with van der Waals surface area (Å²) >= 11 is -1.89. The van der Waals surface area contributed by atoms with Gasteiger partial charge in [-0.1, -0.05) is 37.5 Å². The molecule has 2 saturated carbocycles. The number of carboxylic acid groups (broad SMARTS) is 1. The highest BCUT2D eigenvalue weighted by molar-refractivity contribution is 7.81. The van der Waals surface area contributed by atoms with Crippen LogP contribution in [0.2, 0.25) is 0 Å². The van der Waals surface area contributed by atoms with E-state index in [9.17, 15) is 23.5 Å². The zero-order valence-corrected chi connectivity index (χ0v) is 22.4. The van der Waals surface area contributed by atoms with Crippen LogP contribution >= 0.6 is 11.3 Å². The SMILES string of the molecule is CCCOC1CCC(N(C(=O)Nc2ncc(N(S(=O)[O-])C(C)(C)C(=O)O)s2)C2CCCCC2)CC1. The molecule has 3 rings (SSSR count). The third kappa shape index (κ3) is 6.93. The van der Waals surface area contributed by atoms with Crippen LogP contribution in [0.3, 0.4) is 0 Å². The molecule has 10 nitrogen and oxygen atoms in total. The number of aliphatic carboxylic acids is 1. The van der Waals surface area contributed by atoms with Crippen molar-refractivity contribution in [2.45, 2.75) is 109 Å². The van der Waals surface area contributed by atoms with E-state index < -0.39 is 22.8 Å². The van der Waals surface area contributed by atoms with Crippen LogP contribution in [-0.2, 0) is 20.8 Å². The first-order valence-electron chi connectivity index (χ1n) is 12.4. The first kappa shape index (κ1) is 27.8. The number of carbonyl (C=O) groups excluding carboxylic acids is 1. The largest absolute Gasteiger partial charge is 0.755 e. The van der Waals surface area contributed by atoms with Crippen molar-refractivity contribution >= 4 is 44.7 Å². The van der Waals surface area contributed by atoms with E-state index >= 15 is 0 Å². The minimum absolute atomic E-state index is 0.121. The molecule has 0 radical (unpaired) electrons. The van der Waals surface area contributed by atoms with Gasteiger partial charge in [0.1, 0.15) is 10.5 Å². The smallest absolute Gasteiger partial charge is 0.329 e. The second kappa shape index (κ2) is 12.5. The van der Waals surface area contributed by atoms with Crippen LogP contribution in [0.25, 0.3) is 0 Å². The Morgan fingerprint density at radius 2 is 1.83 bits per heavy atom. The summed E-state index contributed by atoms with van der Waals surface area (Å²) in [5.41, 5.74) is -1.70. The van der Waals surface area contributed by atoms with Crippen LogP contribution < -0.4 is 9.62 Å². The second-order valence-corrected chi connectivity index (χ2v) is 11.6. The van der Waals surface area contributed by atoms with Gasteiger partial charge in [-0.05, 0) is 58.8 Å². The molecule has 2 fully saturated rings. The van der Waals surface area contributed by atoms with Crippen molar-refractivity contribution in [2.24, 2.45) is 0 Å². The van der Waals surface area contributed by atoms with E-state index in [1.165, 1.54) is 26.5 Å². The van der Waals surface area contributed by atoms with Gasteiger partial charge in [-0.15, -0.1) is 0 Å². The number of ether oxygens (including phenoxy) is 1. The number of hydrogen-bond acceptors (Lipinski definition) is 7. The lowest BCUT2D eigenvalue weighted by molar-refractivity contribution is -0.141. The predicted molar refractivity (Wildman–Crippen MR) is 135 cm³/mol. The molecule has 0 spiro atoms. The van der Waals surface area contributed by atoms with Crippen LogP contribution in [0.4, 0.5) is 14.9 Å². The Balaban J connectivity index is 1.74. The molecule has 0 aliphatic heterocycles. The first-order valence-corrected chi connectivity index (χ1v) is 14.3. The van der Waals surface area contributed by atoms with Crippen LogP contribution in [0.1, 0.15) is 85.0 Å². The molecule has 1 heterocycles. The summed E-state index contributed by atoms with van der Waals surface area (Å²) in [6, 6.07) is 0.0523. The highest BCUT2D eigenvalue weighted by Crippen LogP contribution is 2.35. The summed E-state index contributed by atoms with van der Waals surface area (Å²) in [6.45, 7) is 5.46. The maximum Gasteiger partial charge on any atom is 0.329 e. The van der Waals surface area contributed by atoms with E-state index in [0.29, 0.717) is 0 Å². The van der Waals surface area contributed by atoms with E-state index in [2.05, 4.69) is 17.2 Å². The normalized spacial score (nSPS) is 22.4. The van der Waals surface area contributed by atoms with Crippen molar-refractivity contribution < 1.29 is 28.2 Å². The molecule has 2 aliphatic rings. The predicted octanol–water partition coefficient (Wildman–Crippen LogP) is 4.51. The molecule has 0 saturated heterocycles. The standard InChI is InChI=1S/C23H38N4O6S2/c1-4-14-33-18-12-10-17(11-13-18)26(16-8-6-5-7-9-16)22(30)25-21-24-15-19(34-21)27(35(31)32)23(2,3)20(28)29/h15-18H,4-14H2,1-3H3,(H,28,29)(H,31,32)(H,24,25,30)/p-1. The molecule has 2 aliphatic carbocycles. The van der Waals surface area contributed by atoms with Crippen LogP contribution in [0, 0.1) is 0 Å². The van der Waals surface area contributed by atoms with E-state index in [1.54, 1.807) is 0 Å². The molecule has 1 aromatic rings. The number of rotatable bonds is 10. The third-order valence-electron chi connectivity index (χ3n) is 6.89. The molecule has 1 unspecified atom stereocenters. The average molecular weight is 530 g/mol. The number of thiazole rings is 1. The van der Waals surface area contributed by atoms with E-state index in [0.717, 1.165) is 80.0 Å². The number of carboxylic acids is 1. The van der Waals surface area contributed by atoms with Crippen molar-refractivity contribution in [1.29, 1.82) is 0 Å². The van der Waals surface area contributed by atoms with Crippen LogP contribution in [0.15, 0.2) is 6.20 Å². The lowest BCUT2D eigenvalue weighted by Crippen LogP contribution is -2.51. The quantitative estimate of drug-likeness (QED) is 0.426. The van der Waals surface area contributed by atoms with Crippen LogP contribution in [0.5, 0.6) is 0 Å². The highest BCUT2D eigenvalue weighted by Gasteiger charge is 2.38. The van der Waals surface area contributed by atoms with Gasteiger partial charge in [0.2, 0.25) is 0 Å². The van der Waals surface area contributed by atoms with Gasteiger partial charge in [0.05, 0.1) is 12.3 Å². The maximum absolute atomic E-state index is 13.5. The van der Waals surface area contributed by atoms with Gasteiger partial charge in [-0.3, -0.25) is 13.8 Å². The molecule has 35 heavy (non-hydrogen) atoms. The number of amides is 2. The summed E-state index contributed by atoms with van der Waals surface area (Å²) in [7, 11) is 0. The zero-order valence-electron chi connectivity index (χ0n) is 20.7. The topological polar surface area (TPSA) is 135 Å². The summed E-state index contributed by atoms with van der Waals surface area (Å²) in [4.78, 5) is 31.3. The summed E-state index contributed by atoms with van der Waals surface area (Å²) < 4.78 is 30.4. The number of urea groups is 1. The van der Waals surface area contributed by atoms with Crippen molar-refractivity contribution in [1.82, 2.24) is 9.88 Å². The van der Waals surface area contributed by atoms with Gasteiger partial charge < -0.3 is 19.3 Å². The average Bonchev–Trinajstić information content (AvgIpc) is 3.26. The number of nitrogens with one attached hydrogen (secondary N) is 1. The van der Waals surface area contributed by atoms with Gasteiger partial charge in [0.25, 0.3) is 0 Å². The molecule has 1 aromatic heterocycles. The molecule has 0 bridgehead atoms. The van der Waals surface area contributed by atoms with Crippen LogP contribution in [-0.4, -0.2) is 66.1 Å². The third-order valence-corrected chi connectivity index (χ3v) is 8.85. The number of nitrogens with zero attached hydrogens (tertiary/aromatic N) is 3. The fourth-order valence-corrected chi connectivity index (χ4v) is 6.76. The zero-order chi connectivity index (χ0) is 25.6. The number of anilines is 2. The minimum Gasteiger partial charge on any atom is -0.755 e. The van der Waals surface area contributed by atoms with E-state index in [4.69, 9.17) is 4.74 Å². The molecule has 0 aromatic carbocycles. The van der Waals surface area contributed by atoms with Gasteiger partial charge in [-0.25, -0.2) is 14.6 Å². The van der Waals surface area contributed by atoms with Crippen molar-refractivity contribution in [3.8, 4) is 0 Å². The summed E-state index contributed by atoms with van der Waals surface area (Å²) in [5.74, 6) is -1.29. The van der Waals surface area contributed by atoms with Crippen molar-refractivity contribution in [3.05, 3.63) is 6.20 Å². The molecule has 2 amide bonds. The first-order chi connectivity index (χ1) is 16.6. The van der Waals surface area contributed by atoms with Crippen molar-refractivity contribution in [3.63, 3.8) is 0 Å². The van der Waals surface area contributed by atoms with Gasteiger partial charge in [0, 0.05) is 30.0 Å². The molecule has 2 N–H and O–H groups in total. The van der Waals surface area contributed by atoms with E-state index in [-0.39, 0.29) is 34.4 Å². The maximum atomic E-state index is 13.5. The molecule has 198 valence electrons. The summed E-state index contributed by atoms with van der Waals surface area (Å²) in [6.07, 6.45) is 11.5. The molecular formula is C23H37N4O6S2-. The number of carbonyl (C=O) groups is 2. The van der Waals surface area contributed by atoms with Gasteiger partial charge in [0.15, 0.2) is 5.13 Å². The Labute approximate surface area is 213 Å². The monoisotopic (exact) mass is 529 g/mol. The lowest BCUT2D eigenvalue weighted by atomic mass is 9.88. The lowest BCUT2D eigenvalue weighted by Gasteiger charge is -2.42. The Kier molecular flexibility index (Phi) is 9.91. The number of aromatic nitrogens is 1. The molecule has 1 atom stereocenters. The second-order valence-electron chi connectivity index (χ2n) is 9.81. The molecule has 12 heteroatoms. The van der Waals surface area contributed by atoms with Crippen molar-refractivity contribution in [2.75, 3.05) is 16.2 Å². The Morgan fingerprint density at radius 1 is 1.20 bits per heavy atom. The fourth-order valence-electron chi connectivity index (χ4n) is 4.96. The fraction of sp³-hybridized carbons (Fsp3) is 0.783. The minimum atomic E-state index is -2.83. The Hall–Kier alpha value is -1.76. The van der Waals surface area contributed by atoms with E-state index in [1.807, 2.05) is 4.90 Å². The van der Waals surface area contributed by atoms with Gasteiger partial charge >= 0.3 is 12.0 Å². The highest BCUT2D eigenvalue weighted by atomic mass is 32.2. The number of hydrogen-bond donors (Lipinski definition) is 2. The van der Waals surface area contributed by atoms with Gasteiger partial charge in [-0.2, -0.15) is 0 Å². The summed E-state index contributed by atoms with van der Waals surface area (Å²) in [5, 5.41) is 12.7. The molecular weight excluding hydrogens is 492 g/mol.